The number of rotatable bonds is 0. The van der Waals surface area contributed by atoms with Gasteiger partial charge in [0.15, 0.2) is 19.7 Å². The summed E-state index contributed by atoms with van der Waals surface area (Å²) in [5.41, 5.74) is 0. The zero-order valence-corrected chi connectivity index (χ0v) is 18.3. The maximum Gasteiger partial charge on any atom is 0.187 e. The van der Waals surface area contributed by atoms with Gasteiger partial charge in [0.05, 0.1) is 22.0 Å². The lowest BCUT2D eigenvalue weighted by molar-refractivity contribution is 0.0827. The van der Waals surface area contributed by atoms with Gasteiger partial charge in [0.25, 0.3) is 0 Å². The zero-order chi connectivity index (χ0) is 17.0. The topological polar surface area (TPSA) is 77.5 Å². The van der Waals surface area contributed by atoms with E-state index in [1.54, 1.807) is 6.07 Å². The van der Waals surface area contributed by atoms with E-state index in [0.717, 1.165) is 22.8 Å². The van der Waals surface area contributed by atoms with Gasteiger partial charge in [-0.2, -0.15) is 0 Å². The molecule has 24 heavy (non-hydrogen) atoms. The maximum atomic E-state index is 13.3. The van der Waals surface area contributed by atoms with Crippen molar-refractivity contribution in [2.24, 2.45) is 11.8 Å². The average molecular weight is 592 g/mol. The summed E-state index contributed by atoms with van der Waals surface area (Å²) in [7, 11) is -7.44. The first-order valence-electron chi connectivity index (χ1n) is 7.87. The molecule has 9 heteroatoms. The van der Waals surface area contributed by atoms with Crippen molar-refractivity contribution in [2.75, 3.05) is 0 Å². The lowest BCUT2D eigenvalue weighted by atomic mass is 9.81. The van der Waals surface area contributed by atoms with Crippen LogP contribution >= 0.6 is 45.2 Å². The molecule has 0 spiro atoms. The van der Waals surface area contributed by atoms with Crippen molar-refractivity contribution in [3.05, 3.63) is 19.3 Å². The Labute approximate surface area is 168 Å². The van der Waals surface area contributed by atoms with Gasteiger partial charge in [-0.05, 0) is 82.0 Å². The van der Waals surface area contributed by atoms with Gasteiger partial charge in [0.1, 0.15) is 10.5 Å². The first kappa shape index (κ1) is 16.7. The Morgan fingerprint density at radius 2 is 1.50 bits per heavy atom. The minimum atomic E-state index is -3.72. The Balaban J connectivity index is 1.82. The van der Waals surface area contributed by atoms with Crippen LogP contribution in [0.15, 0.2) is 21.9 Å². The summed E-state index contributed by atoms with van der Waals surface area (Å²) < 4.78 is 60.5. The van der Waals surface area contributed by atoms with Gasteiger partial charge >= 0.3 is 0 Å². The number of hydrogen-bond acceptors (Lipinski definition) is 5. The number of ether oxygens (including phenoxy) is 1. The van der Waals surface area contributed by atoms with Gasteiger partial charge < -0.3 is 4.74 Å². The van der Waals surface area contributed by atoms with Crippen LogP contribution in [-0.2, 0) is 24.4 Å². The van der Waals surface area contributed by atoms with Crippen LogP contribution in [0.3, 0.4) is 0 Å². The Morgan fingerprint density at radius 1 is 0.917 bits per heavy atom. The molecule has 1 aliphatic carbocycles. The second-order valence-corrected chi connectivity index (χ2v) is 13.6. The summed E-state index contributed by atoms with van der Waals surface area (Å²) in [5.74, 6) is 0.397. The normalized spacial score (nSPS) is 43.2. The van der Waals surface area contributed by atoms with Gasteiger partial charge in [-0.25, -0.2) is 16.8 Å². The van der Waals surface area contributed by atoms with Crippen LogP contribution in [0.1, 0.15) is 19.3 Å². The second-order valence-electron chi connectivity index (χ2n) is 7.06. The van der Waals surface area contributed by atoms with Gasteiger partial charge in [0.2, 0.25) is 0 Å². The zero-order valence-electron chi connectivity index (χ0n) is 12.4. The van der Waals surface area contributed by atoms with E-state index in [0.29, 0.717) is 3.57 Å². The highest BCUT2D eigenvalue weighted by molar-refractivity contribution is 14.1. The largest absolute Gasteiger partial charge is 0.372 e. The molecule has 130 valence electrons. The maximum absolute atomic E-state index is 13.3. The van der Waals surface area contributed by atoms with Crippen LogP contribution in [0.5, 0.6) is 0 Å². The van der Waals surface area contributed by atoms with E-state index in [1.807, 2.05) is 45.2 Å². The minimum absolute atomic E-state index is 0.00420. The molecule has 1 saturated carbocycles. The fraction of sp³-hybridized carbons (Fsp3) is 0.600. The van der Waals surface area contributed by atoms with Gasteiger partial charge in [-0.1, -0.05) is 6.42 Å². The lowest BCUT2D eigenvalue weighted by Gasteiger charge is -2.38. The molecule has 1 aromatic rings. The minimum Gasteiger partial charge on any atom is -0.372 e. The van der Waals surface area contributed by atoms with Crippen molar-refractivity contribution in [2.45, 2.75) is 51.8 Å². The highest BCUT2D eigenvalue weighted by Gasteiger charge is 2.70. The highest BCUT2D eigenvalue weighted by Crippen LogP contribution is 2.58. The summed E-state index contributed by atoms with van der Waals surface area (Å²) >= 11 is 3.97. The number of sulfone groups is 2. The molecular formula is C15H14I2O5S2. The lowest BCUT2D eigenvalue weighted by Crippen LogP contribution is -2.55. The van der Waals surface area contributed by atoms with Crippen molar-refractivity contribution in [1.29, 1.82) is 0 Å². The first-order chi connectivity index (χ1) is 11.2. The summed E-state index contributed by atoms with van der Waals surface area (Å²) in [6, 6.07) is 3.22. The van der Waals surface area contributed by atoms with Crippen molar-refractivity contribution < 1.29 is 21.6 Å². The third kappa shape index (κ3) is 1.88. The van der Waals surface area contributed by atoms with Crippen LogP contribution in [-0.4, -0.2) is 39.5 Å². The molecule has 3 heterocycles. The summed E-state index contributed by atoms with van der Waals surface area (Å²) in [4.78, 5) is -0.0267. The van der Waals surface area contributed by atoms with Crippen LogP contribution < -0.4 is 0 Å². The molecule has 1 aromatic carbocycles. The number of halogens is 2. The number of fused-ring (bicyclic) bond motifs is 9. The first-order valence-corrected chi connectivity index (χ1v) is 13.1. The second kappa shape index (κ2) is 5.08. The molecule has 2 saturated heterocycles. The standard InChI is InChI=1S/C15H14I2O5S2/c16-6-4-9(17)13-10(5-6)23(18,19)14-11-7-2-1-3-8(7)12(22-11)15(14)24(13,20)21/h4-5,7-8,11-12,14-15H,1-3H2. The molecule has 2 bridgehead atoms. The van der Waals surface area contributed by atoms with Crippen LogP contribution in [0.25, 0.3) is 0 Å². The molecule has 5 nitrogen and oxygen atoms in total. The number of hydrogen-bond donors (Lipinski definition) is 0. The van der Waals surface area contributed by atoms with E-state index in [4.69, 9.17) is 4.74 Å². The molecule has 0 N–H and O–H groups in total. The van der Waals surface area contributed by atoms with Crippen molar-refractivity contribution in [3.63, 3.8) is 0 Å². The predicted molar refractivity (Wildman–Crippen MR) is 103 cm³/mol. The molecule has 0 radical (unpaired) electrons. The van der Waals surface area contributed by atoms with Gasteiger partial charge in [0, 0.05) is 7.14 Å². The molecular weight excluding hydrogens is 578 g/mol. The monoisotopic (exact) mass is 592 g/mol. The Hall–Kier alpha value is 0.540. The summed E-state index contributed by atoms with van der Waals surface area (Å²) in [5, 5.41) is -1.87. The van der Waals surface area contributed by atoms with E-state index >= 15 is 0 Å². The fourth-order valence-corrected chi connectivity index (χ4v) is 14.1. The van der Waals surface area contributed by atoms with Crippen LogP contribution in [0.4, 0.5) is 0 Å². The Bertz CT molecular complexity index is 972. The summed E-state index contributed by atoms with van der Waals surface area (Å²) in [6.45, 7) is 0. The third-order valence-corrected chi connectivity index (χ3v) is 12.7. The molecule has 3 aliphatic heterocycles. The molecule has 5 rings (SSSR count). The van der Waals surface area contributed by atoms with E-state index in [1.165, 1.54) is 6.07 Å². The third-order valence-electron chi connectivity index (χ3n) is 6.04. The molecule has 3 fully saturated rings. The van der Waals surface area contributed by atoms with Crippen LogP contribution in [0, 0.1) is 19.0 Å². The molecule has 0 amide bonds. The van der Waals surface area contributed by atoms with E-state index in [9.17, 15) is 16.8 Å². The van der Waals surface area contributed by atoms with Crippen LogP contribution in [0.2, 0.25) is 0 Å². The summed E-state index contributed by atoms with van der Waals surface area (Å²) in [6.07, 6.45) is 2.00. The molecule has 6 unspecified atom stereocenters. The molecule has 0 aromatic heterocycles. The smallest absolute Gasteiger partial charge is 0.187 e. The van der Waals surface area contributed by atoms with Crippen molar-refractivity contribution in [1.82, 2.24) is 0 Å². The van der Waals surface area contributed by atoms with Gasteiger partial charge in [-0.3, -0.25) is 0 Å². The average Bonchev–Trinajstić information content (AvgIpc) is 3.15. The van der Waals surface area contributed by atoms with Crippen molar-refractivity contribution in [3.8, 4) is 0 Å². The van der Waals surface area contributed by atoms with E-state index in [2.05, 4.69) is 0 Å². The quantitative estimate of drug-likeness (QED) is 0.433. The van der Waals surface area contributed by atoms with Crippen molar-refractivity contribution >= 4 is 64.9 Å². The SMILES string of the molecule is O=S1(=O)c2cc(I)cc(I)c2S(=O)(=O)C2C3OC(C4CCCC43)C21. The fourth-order valence-electron chi connectivity index (χ4n) is 5.25. The van der Waals surface area contributed by atoms with Gasteiger partial charge in [-0.15, -0.1) is 0 Å². The molecule has 6 atom stereocenters. The highest BCUT2D eigenvalue weighted by atomic mass is 127. The van der Waals surface area contributed by atoms with E-state index < -0.39 is 42.4 Å². The number of benzene rings is 1. The predicted octanol–water partition coefficient (Wildman–Crippen LogP) is 2.39. The molecule has 4 aliphatic rings. The van der Waals surface area contributed by atoms with E-state index in [-0.39, 0.29) is 21.6 Å². The Kier molecular flexibility index (Phi) is 3.53. The Morgan fingerprint density at radius 3 is 2.12 bits per heavy atom.